The van der Waals surface area contributed by atoms with Gasteiger partial charge in [0.15, 0.2) is 0 Å². The van der Waals surface area contributed by atoms with Crippen LogP contribution in [0.3, 0.4) is 0 Å². The highest BCUT2D eigenvalue weighted by atomic mass is 19.4. The van der Waals surface area contributed by atoms with E-state index in [1.54, 1.807) is 4.90 Å². The van der Waals surface area contributed by atoms with Gasteiger partial charge >= 0.3 is 6.18 Å². The number of carbonyl (C=O) groups excluding carboxylic acids is 2. The SMILES string of the molecule is Cc1cc(C(=O)N2CCN(C(=O)CCC3CCCC3)CC2)c(C(F)(F)F)o1. The van der Waals surface area contributed by atoms with Gasteiger partial charge in [0.2, 0.25) is 11.7 Å². The van der Waals surface area contributed by atoms with Crippen molar-refractivity contribution in [1.82, 2.24) is 9.80 Å². The van der Waals surface area contributed by atoms with Crippen LogP contribution in [0.5, 0.6) is 0 Å². The number of nitrogens with zero attached hydrogens (tertiary/aromatic N) is 2. The molecule has 0 unspecified atom stereocenters. The molecule has 150 valence electrons. The number of hydrogen-bond acceptors (Lipinski definition) is 3. The van der Waals surface area contributed by atoms with Crippen molar-refractivity contribution in [3.63, 3.8) is 0 Å². The van der Waals surface area contributed by atoms with Crippen LogP contribution in [0.2, 0.25) is 0 Å². The molecule has 1 aromatic rings. The van der Waals surface area contributed by atoms with Crippen molar-refractivity contribution in [2.75, 3.05) is 26.2 Å². The topological polar surface area (TPSA) is 53.8 Å². The molecule has 0 aromatic carbocycles. The molecule has 3 rings (SSSR count). The molecule has 27 heavy (non-hydrogen) atoms. The second-order valence-electron chi connectivity index (χ2n) is 7.46. The zero-order chi connectivity index (χ0) is 19.6. The van der Waals surface area contributed by atoms with Gasteiger partial charge in [0.05, 0.1) is 5.56 Å². The maximum absolute atomic E-state index is 13.1. The van der Waals surface area contributed by atoms with E-state index in [9.17, 15) is 22.8 Å². The fourth-order valence-corrected chi connectivity index (χ4v) is 4.00. The molecule has 0 bridgehead atoms. The monoisotopic (exact) mass is 386 g/mol. The van der Waals surface area contributed by atoms with Gasteiger partial charge in [0.1, 0.15) is 5.76 Å². The summed E-state index contributed by atoms with van der Waals surface area (Å²) in [6.07, 6.45) is 1.58. The molecular formula is C19H25F3N2O3. The molecule has 1 aromatic heterocycles. The fourth-order valence-electron chi connectivity index (χ4n) is 4.00. The van der Waals surface area contributed by atoms with Crippen LogP contribution in [-0.4, -0.2) is 47.8 Å². The second kappa shape index (κ2) is 7.94. The van der Waals surface area contributed by atoms with E-state index in [4.69, 9.17) is 4.42 Å². The minimum Gasteiger partial charge on any atom is -0.456 e. The second-order valence-corrected chi connectivity index (χ2v) is 7.46. The van der Waals surface area contributed by atoms with Crippen LogP contribution in [0.4, 0.5) is 13.2 Å². The first-order valence-electron chi connectivity index (χ1n) is 9.50. The lowest BCUT2D eigenvalue weighted by atomic mass is 10.0. The molecule has 1 aliphatic carbocycles. The normalized spacial score (nSPS) is 19.0. The summed E-state index contributed by atoms with van der Waals surface area (Å²) in [6, 6.07) is 1.13. The van der Waals surface area contributed by atoms with Crippen molar-refractivity contribution in [1.29, 1.82) is 0 Å². The third-order valence-electron chi connectivity index (χ3n) is 5.50. The summed E-state index contributed by atoms with van der Waals surface area (Å²) < 4.78 is 43.9. The Labute approximate surface area is 156 Å². The summed E-state index contributed by atoms with van der Waals surface area (Å²) in [5.74, 6) is -1.19. The molecule has 0 radical (unpaired) electrons. The van der Waals surface area contributed by atoms with Crippen molar-refractivity contribution < 1.29 is 27.2 Å². The number of halogens is 3. The van der Waals surface area contributed by atoms with Crippen LogP contribution in [0.25, 0.3) is 0 Å². The Balaban J connectivity index is 1.54. The van der Waals surface area contributed by atoms with Gasteiger partial charge in [0.25, 0.3) is 5.91 Å². The molecule has 2 heterocycles. The molecule has 2 aliphatic rings. The molecule has 5 nitrogen and oxygen atoms in total. The fraction of sp³-hybridized carbons (Fsp3) is 0.684. The Bertz CT molecular complexity index is 685. The summed E-state index contributed by atoms with van der Waals surface area (Å²) >= 11 is 0. The van der Waals surface area contributed by atoms with Gasteiger partial charge in [-0.15, -0.1) is 0 Å². The quantitative estimate of drug-likeness (QED) is 0.790. The van der Waals surface area contributed by atoms with Crippen LogP contribution in [0.1, 0.15) is 60.4 Å². The van der Waals surface area contributed by atoms with Gasteiger partial charge in [-0.25, -0.2) is 0 Å². The summed E-state index contributed by atoms with van der Waals surface area (Å²) in [7, 11) is 0. The summed E-state index contributed by atoms with van der Waals surface area (Å²) in [6.45, 7) is 2.55. The molecule has 1 saturated heterocycles. The van der Waals surface area contributed by atoms with Crippen molar-refractivity contribution in [2.24, 2.45) is 5.92 Å². The predicted molar refractivity (Wildman–Crippen MR) is 92.1 cm³/mol. The molecule has 0 atom stereocenters. The summed E-state index contributed by atoms with van der Waals surface area (Å²) in [5.41, 5.74) is -0.457. The number of piperazine rings is 1. The third-order valence-corrected chi connectivity index (χ3v) is 5.50. The van der Waals surface area contributed by atoms with E-state index in [0.717, 1.165) is 12.5 Å². The van der Waals surface area contributed by atoms with Crippen molar-refractivity contribution in [2.45, 2.75) is 51.6 Å². The van der Waals surface area contributed by atoms with Gasteiger partial charge in [-0.2, -0.15) is 13.2 Å². The number of rotatable bonds is 4. The lowest BCUT2D eigenvalue weighted by Gasteiger charge is -2.35. The number of hydrogen-bond donors (Lipinski definition) is 0. The Morgan fingerprint density at radius 3 is 2.30 bits per heavy atom. The number of amides is 2. The Hall–Kier alpha value is -1.99. The van der Waals surface area contributed by atoms with Gasteiger partial charge in [-0.1, -0.05) is 25.7 Å². The number of furan rings is 1. The maximum atomic E-state index is 13.1. The molecule has 2 fully saturated rings. The molecule has 1 aliphatic heterocycles. The average molecular weight is 386 g/mol. The highest BCUT2D eigenvalue weighted by Crippen LogP contribution is 2.35. The predicted octanol–water partition coefficient (Wildman–Crippen LogP) is 3.86. The molecule has 8 heteroatoms. The average Bonchev–Trinajstić information content (AvgIpc) is 3.28. The standard InChI is InChI=1S/C19H25F3N2O3/c1-13-12-15(17(27-13)19(20,21)22)18(26)24-10-8-23(9-11-24)16(25)7-6-14-4-2-3-5-14/h12,14H,2-11H2,1H3. The molecule has 0 spiro atoms. The van der Waals surface area contributed by atoms with Crippen LogP contribution in [0, 0.1) is 12.8 Å². The maximum Gasteiger partial charge on any atom is 0.450 e. The van der Waals surface area contributed by atoms with Crippen LogP contribution in [0.15, 0.2) is 10.5 Å². The smallest absolute Gasteiger partial charge is 0.450 e. The van der Waals surface area contributed by atoms with E-state index in [2.05, 4.69) is 0 Å². The Kier molecular flexibility index (Phi) is 5.81. The van der Waals surface area contributed by atoms with Gasteiger partial charge in [0, 0.05) is 32.6 Å². The van der Waals surface area contributed by atoms with Crippen LogP contribution >= 0.6 is 0 Å². The first-order chi connectivity index (χ1) is 12.8. The van der Waals surface area contributed by atoms with Gasteiger partial charge in [-0.05, 0) is 25.3 Å². The van der Waals surface area contributed by atoms with E-state index < -0.39 is 23.4 Å². The summed E-state index contributed by atoms with van der Waals surface area (Å²) in [4.78, 5) is 27.9. The number of alkyl halides is 3. The number of aryl methyl sites for hydroxylation is 1. The highest BCUT2D eigenvalue weighted by Gasteiger charge is 2.41. The lowest BCUT2D eigenvalue weighted by Crippen LogP contribution is -2.50. The van der Waals surface area contributed by atoms with E-state index in [1.807, 2.05) is 0 Å². The third kappa shape index (κ3) is 4.65. The van der Waals surface area contributed by atoms with Crippen LogP contribution < -0.4 is 0 Å². The van der Waals surface area contributed by atoms with E-state index in [1.165, 1.54) is 37.5 Å². The van der Waals surface area contributed by atoms with Gasteiger partial charge in [-0.3, -0.25) is 9.59 Å². The van der Waals surface area contributed by atoms with Crippen LogP contribution in [-0.2, 0) is 11.0 Å². The first-order valence-corrected chi connectivity index (χ1v) is 9.50. The lowest BCUT2D eigenvalue weighted by molar-refractivity contribution is -0.153. The zero-order valence-corrected chi connectivity index (χ0v) is 15.5. The van der Waals surface area contributed by atoms with Gasteiger partial charge < -0.3 is 14.2 Å². The summed E-state index contributed by atoms with van der Waals surface area (Å²) in [5, 5.41) is 0. The van der Waals surface area contributed by atoms with E-state index in [-0.39, 0.29) is 24.8 Å². The highest BCUT2D eigenvalue weighted by molar-refractivity contribution is 5.95. The minimum atomic E-state index is -4.71. The van der Waals surface area contributed by atoms with Crippen molar-refractivity contribution >= 4 is 11.8 Å². The molecule has 2 amide bonds. The molecule has 0 N–H and O–H groups in total. The van der Waals surface area contributed by atoms with Crippen molar-refractivity contribution in [3.8, 4) is 0 Å². The van der Waals surface area contributed by atoms with E-state index >= 15 is 0 Å². The molecular weight excluding hydrogens is 361 g/mol. The molecule has 1 saturated carbocycles. The first kappa shape index (κ1) is 19.8. The Morgan fingerprint density at radius 2 is 1.70 bits per heavy atom. The minimum absolute atomic E-state index is 0.0476. The van der Waals surface area contributed by atoms with Crippen molar-refractivity contribution in [3.05, 3.63) is 23.2 Å². The number of carbonyl (C=O) groups is 2. The zero-order valence-electron chi connectivity index (χ0n) is 15.5. The largest absolute Gasteiger partial charge is 0.456 e. The van der Waals surface area contributed by atoms with E-state index in [0.29, 0.717) is 25.4 Å². The Morgan fingerprint density at radius 1 is 1.11 bits per heavy atom.